The van der Waals surface area contributed by atoms with Crippen LogP contribution in [0.15, 0.2) is 48.5 Å². The molecular weight excluding hydrogens is 462 g/mol. The Morgan fingerprint density at radius 1 is 0.853 bits per heavy atom. The average molecular weight is 484 g/mol. The van der Waals surface area contributed by atoms with Crippen LogP contribution in [-0.4, -0.2) is 21.9 Å². The monoisotopic (exact) mass is 484 g/mol. The lowest BCUT2D eigenvalue weighted by molar-refractivity contribution is -0.274. The molecule has 3 rings (SSSR count). The van der Waals surface area contributed by atoms with Crippen LogP contribution in [0.3, 0.4) is 0 Å². The second-order valence-electron chi connectivity index (χ2n) is 8.57. The molecule has 0 amide bonds. The van der Waals surface area contributed by atoms with Crippen molar-refractivity contribution in [3.05, 3.63) is 59.7 Å². The number of aromatic nitrogens is 2. The maximum Gasteiger partial charge on any atom is 0.573 e. The molecule has 0 atom stereocenters. The zero-order valence-corrected chi connectivity index (χ0v) is 18.7. The van der Waals surface area contributed by atoms with Gasteiger partial charge >= 0.3 is 12.5 Å². The lowest BCUT2D eigenvalue weighted by atomic mass is 10.1. The van der Waals surface area contributed by atoms with Crippen molar-refractivity contribution < 1.29 is 31.1 Å². The van der Waals surface area contributed by atoms with Crippen molar-refractivity contribution in [3.8, 4) is 17.0 Å². The van der Waals surface area contributed by atoms with Gasteiger partial charge in [-0.15, -0.1) is 13.2 Å². The molecule has 11 heteroatoms. The zero-order chi connectivity index (χ0) is 25.3. The Balaban J connectivity index is 2.05. The maximum absolute atomic E-state index is 13.2. The Morgan fingerprint density at radius 3 is 2.18 bits per heavy atom. The smallest absolute Gasteiger partial charge is 0.406 e. The van der Waals surface area contributed by atoms with Crippen molar-refractivity contribution in [2.45, 2.75) is 45.8 Å². The third-order valence-electron chi connectivity index (χ3n) is 4.40. The number of ether oxygens (including phenoxy) is 1. The van der Waals surface area contributed by atoms with Crippen molar-refractivity contribution in [2.24, 2.45) is 0 Å². The standard InChI is InChI=1S/C23H22F6N4O/c1-13-8-9-15(22(24,25)26)11-17(13)30-19-12-18(31-20(32-19)33-21(2,3)4)14-6-5-7-16(10-14)34-23(27,28)29/h5-12H,1-4H3,(H2,30,31,32,33). The van der Waals surface area contributed by atoms with E-state index in [0.29, 0.717) is 11.1 Å². The third-order valence-corrected chi connectivity index (χ3v) is 4.40. The summed E-state index contributed by atoms with van der Waals surface area (Å²) in [5.41, 5.74) is -0.0516. The van der Waals surface area contributed by atoms with E-state index in [1.807, 2.05) is 20.8 Å². The Kier molecular flexibility index (Phi) is 6.68. The summed E-state index contributed by atoms with van der Waals surface area (Å²) >= 11 is 0. The molecule has 0 saturated carbocycles. The fraction of sp³-hybridized carbons (Fsp3) is 0.304. The fourth-order valence-electron chi connectivity index (χ4n) is 2.97. The summed E-state index contributed by atoms with van der Waals surface area (Å²) in [5, 5.41) is 5.94. The molecule has 3 aromatic rings. The van der Waals surface area contributed by atoms with E-state index in [-0.39, 0.29) is 23.1 Å². The minimum Gasteiger partial charge on any atom is -0.406 e. The number of hydrogen-bond donors (Lipinski definition) is 2. The first-order chi connectivity index (χ1) is 15.6. The van der Waals surface area contributed by atoms with Gasteiger partial charge in [0, 0.05) is 22.9 Å². The number of hydrogen-bond acceptors (Lipinski definition) is 5. The Morgan fingerprint density at radius 2 is 1.56 bits per heavy atom. The van der Waals surface area contributed by atoms with Crippen LogP contribution in [0.5, 0.6) is 5.75 Å². The van der Waals surface area contributed by atoms with Crippen LogP contribution in [0, 0.1) is 6.92 Å². The summed E-state index contributed by atoms with van der Waals surface area (Å²) in [6, 6.07) is 9.93. The topological polar surface area (TPSA) is 59.1 Å². The molecule has 0 aliphatic carbocycles. The van der Waals surface area contributed by atoms with Crippen LogP contribution in [0.2, 0.25) is 0 Å². The van der Waals surface area contributed by atoms with Crippen LogP contribution >= 0.6 is 0 Å². The number of aryl methyl sites for hydroxylation is 1. The summed E-state index contributed by atoms with van der Waals surface area (Å²) in [7, 11) is 0. The van der Waals surface area contributed by atoms with Crippen LogP contribution in [0.1, 0.15) is 31.9 Å². The van der Waals surface area contributed by atoms with E-state index in [4.69, 9.17) is 0 Å². The molecule has 0 aliphatic heterocycles. The SMILES string of the molecule is Cc1ccc(C(F)(F)F)cc1Nc1cc(-c2cccc(OC(F)(F)F)c2)nc(NC(C)(C)C)n1. The van der Waals surface area contributed by atoms with Gasteiger partial charge in [-0.25, -0.2) is 4.98 Å². The van der Waals surface area contributed by atoms with Gasteiger partial charge in [0.2, 0.25) is 5.95 Å². The van der Waals surface area contributed by atoms with Gasteiger partial charge in [0.1, 0.15) is 11.6 Å². The lowest BCUT2D eigenvalue weighted by Gasteiger charge is -2.22. The summed E-state index contributed by atoms with van der Waals surface area (Å²) in [6.45, 7) is 7.19. The average Bonchev–Trinajstić information content (AvgIpc) is 2.66. The molecule has 5 nitrogen and oxygen atoms in total. The quantitative estimate of drug-likeness (QED) is 0.372. The fourth-order valence-corrected chi connectivity index (χ4v) is 2.97. The number of nitrogens with zero attached hydrogens (tertiary/aromatic N) is 2. The van der Waals surface area contributed by atoms with Crippen LogP contribution < -0.4 is 15.4 Å². The van der Waals surface area contributed by atoms with E-state index in [9.17, 15) is 26.3 Å². The van der Waals surface area contributed by atoms with E-state index in [0.717, 1.165) is 24.3 Å². The molecule has 34 heavy (non-hydrogen) atoms. The summed E-state index contributed by atoms with van der Waals surface area (Å²) in [6.07, 6.45) is -9.39. The number of alkyl halides is 6. The molecule has 2 aromatic carbocycles. The molecule has 0 unspecified atom stereocenters. The van der Waals surface area contributed by atoms with Crippen molar-refractivity contribution in [1.29, 1.82) is 0 Å². The van der Waals surface area contributed by atoms with Crippen molar-refractivity contribution in [2.75, 3.05) is 10.6 Å². The summed E-state index contributed by atoms with van der Waals surface area (Å²) < 4.78 is 81.4. The molecule has 0 radical (unpaired) electrons. The summed E-state index contributed by atoms with van der Waals surface area (Å²) in [4.78, 5) is 8.70. The highest BCUT2D eigenvalue weighted by Gasteiger charge is 2.32. The van der Waals surface area contributed by atoms with Gasteiger partial charge in [-0.05, 0) is 57.5 Å². The van der Waals surface area contributed by atoms with Gasteiger partial charge in [-0.1, -0.05) is 18.2 Å². The molecule has 0 aliphatic rings. The minimum absolute atomic E-state index is 0.138. The van der Waals surface area contributed by atoms with Crippen LogP contribution in [0.25, 0.3) is 11.3 Å². The van der Waals surface area contributed by atoms with E-state index in [1.54, 1.807) is 6.92 Å². The first-order valence-corrected chi connectivity index (χ1v) is 10.1. The molecule has 1 aromatic heterocycles. The lowest BCUT2D eigenvalue weighted by Crippen LogP contribution is -2.27. The van der Waals surface area contributed by atoms with Gasteiger partial charge in [-0.3, -0.25) is 0 Å². The number of benzene rings is 2. The van der Waals surface area contributed by atoms with Gasteiger partial charge in [-0.2, -0.15) is 18.2 Å². The Hall–Kier alpha value is -3.50. The predicted molar refractivity (Wildman–Crippen MR) is 117 cm³/mol. The number of rotatable bonds is 5. The Labute approximate surface area is 192 Å². The minimum atomic E-state index is -4.86. The second kappa shape index (κ2) is 9.03. The van der Waals surface area contributed by atoms with Crippen molar-refractivity contribution in [3.63, 3.8) is 0 Å². The summed E-state index contributed by atoms with van der Waals surface area (Å²) in [5.74, 6) is -0.141. The molecule has 0 bridgehead atoms. The molecule has 0 spiro atoms. The molecule has 0 fully saturated rings. The highest BCUT2D eigenvalue weighted by atomic mass is 19.4. The first-order valence-electron chi connectivity index (χ1n) is 10.1. The third kappa shape index (κ3) is 7.00. The van der Waals surface area contributed by atoms with E-state index in [1.165, 1.54) is 24.3 Å². The molecule has 182 valence electrons. The predicted octanol–water partition coefficient (Wildman–Crippen LogP) is 7.32. The maximum atomic E-state index is 13.2. The van der Waals surface area contributed by atoms with E-state index in [2.05, 4.69) is 25.3 Å². The second-order valence-corrected chi connectivity index (χ2v) is 8.57. The largest absolute Gasteiger partial charge is 0.573 e. The van der Waals surface area contributed by atoms with Crippen LogP contribution in [0.4, 0.5) is 43.8 Å². The van der Waals surface area contributed by atoms with E-state index >= 15 is 0 Å². The normalized spacial score (nSPS) is 12.4. The molecule has 1 heterocycles. The van der Waals surface area contributed by atoms with Gasteiger partial charge < -0.3 is 15.4 Å². The zero-order valence-electron chi connectivity index (χ0n) is 18.7. The van der Waals surface area contributed by atoms with E-state index < -0.39 is 29.4 Å². The first kappa shape index (κ1) is 25.1. The van der Waals surface area contributed by atoms with Gasteiger partial charge in [0.25, 0.3) is 0 Å². The highest BCUT2D eigenvalue weighted by Crippen LogP contribution is 2.34. The van der Waals surface area contributed by atoms with Crippen molar-refractivity contribution in [1.82, 2.24) is 9.97 Å². The van der Waals surface area contributed by atoms with Gasteiger partial charge in [0.05, 0.1) is 11.3 Å². The molecule has 0 saturated heterocycles. The number of nitrogens with one attached hydrogen (secondary N) is 2. The molecular formula is C23H22F6N4O. The van der Waals surface area contributed by atoms with Crippen molar-refractivity contribution >= 4 is 17.5 Å². The number of halogens is 6. The number of anilines is 3. The Bertz CT molecular complexity index is 1170. The molecule has 2 N–H and O–H groups in total. The highest BCUT2D eigenvalue weighted by molar-refractivity contribution is 5.69. The van der Waals surface area contributed by atoms with Crippen LogP contribution in [-0.2, 0) is 6.18 Å². The van der Waals surface area contributed by atoms with Gasteiger partial charge in [0.15, 0.2) is 0 Å².